The standard InChI is InChI=1S/C21H28N2O3S/c1-5-19-15(2)12-20(27-19)21(24)23-10-8-22(9-11-23)14-16-13-17(25-3)6-7-18(16)26-4/h6-7,12-13H,5,8-11,14H2,1-4H3. The predicted molar refractivity (Wildman–Crippen MR) is 109 cm³/mol. The van der Waals surface area contributed by atoms with Gasteiger partial charge in [-0.2, -0.15) is 0 Å². The molecule has 0 unspecified atom stereocenters. The van der Waals surface area contributed by atoms with E-state index in [9.17, 15) is 4.79 Å². The largest absolute Gasteiger partial charge is 0.497 e. The second-order valence-electron chi connectivity index (χ2n) is 6.82. The van der Waals surface area contributed by atoms with Crippen LogP contribution in [0.3, 0.4) is 0 Å². The fourth-order valence-corrected chi connectivity index (χ4v) is 4.57. The smallest absolute Gasteiger partial charge is 0.264 e. The van der Waals surface area contributed by atoms with E-state index in [-0.39, 0.29) is 5.91 Å². The quantitative estimate of drug-likeness (QED) is 0.758. The highest BCUT2D eigenvalue weighted by molar-refractivity contribution is 7.14. The number of carbonyl (C=O) groups excluding carboxylic acids is 1. The molecule has 1 amide bonds. The van der Waals surface area contributed by atoms with Crippen LogP contribution in [0.25, 0.3) is 0 Å². The van der Waals surface area contributed by atoms with E-state index in [2.05, 4.69) is 18.7 Å². The minimum Gasteiger partial charge on any atom is -0.497 e. The number of hydrogen-bond donors (Lipinski definition) is 0. The van der Waals surface area contributed by atoms with Gasteiger partial charge in [-0.3, -0.25) is 9.69 Å². The molecule has 1 saturated heterocycles. The van der Waals surface area contributed by atoms with E-state index in [1.807, 2.05) is 29.2 Å². The fourth-order valence-electron chi connectivity index (χ4n) is 3.49. The summed E-state index contributed by atoms with van der Waals surface area (Å²) < 4.78 is 10.8. The predicted octanol–water partition coefficient (Wildman–Crippen LogP) is 3.59. The molecule has 0 aliphatic carbocycles. The molecule has 27 heavy (non-hydrogen) atoms. The number of hydrogen-bond acceptors (Lipinski definition) is 5. The molecular formula is C21H28N2O3S. The van der Waals surface area contributed by atoms with Gasteiger partial charge >= 0.3 is 0 Å². The lowest BCUT2D eigenvalue weighted by molar-refractivity contribution is 0.0632. The summed E-state index contributed by atoms with van der Waals surface area (Å²) in [4.78, 5) is 19.3. The average molecular weight is 389 g/mol. The van der Waals surface area contributed by atoms with Crippen molar-refractivity contribution < 1.29 is 14.3 Å². The molecule has 2 heterocycles. The molecule has 1 aromatic carbocycles. The van der Waals surface area contributed by atoms with Crippen LogP contribution in [0.5, 0.6) is 11.5 Å². The van der Waals surface area contributed by atoms with Gasteiger partial charge in [-0.25, -0.2) is 0 Å². The summed E-state index contributed by atoms with van der Waals surface area (Å²) in [5, 5.41) is 0. The number of aryl methyl sites for hydroxylation is 2. The van der Waals surface area contributed by atoms with Gasteiger partial charge in [0.2, 0.25) is 0 Å². The molecule has 0 N–H and O–H groups in total. The Kier molecular flexibility index (Phi) is 6.39. The molecular weight excluding hydrogens is 360 g/mol. The number of benzene rings is 1. The number of nitrogens with zero attached hydrogens (tertiary/aromatic N) is 2. The van der Waals surface area contributed by atoms with E-state index in [0.717, 1.165) is 61.1 Å². The molecule has 5 nitrogen and oxygen atoms in total. The molecule has 146 valence electrons. The monoisotopic (exact) mass is 388 g/mol. The highest BCUT2D eigenvalue weighted by Crippen LogP contribution is 2.27. The minimum atomic E-state index is 0.168. The maximum absolute atomic E-state index is 12.8. The van der Waals surface area contributed by atoms with E-state index in [4.69, 9.17) is 9.47 Å². The third kappa shape index (κ3) is 4.45. The lowest BCUT2D eigenvalue weighted by atomic mass is 10.1. The summed E-state index contributed by atoms with van der Waals surface area (Å²) in [6, 6.07) is 7.92. The molecule has 0 bridgehead atoms. The summed E-state index contributed by atoms with van der Waals surface area (Å²) in [6.07, 6.45) is 0.986. The Morgan fingerprint density at radius 1 is 1.11 bits per heavy atom. The number of ether oxygens (including phenoxy) is 2. The number of methoxy groups -OCH3 is 2. The van der Waals surface area contributed by atoms with Crippen LogP contribution in [0.1, 0.15) is 32.6 Å². The van der Waals surface area contributed by atoms with Gasteiger partial charge in [0.25, 0.3) is 5.91 Å². The zero-order valence-electron chi connectivity index (χ0n) is 16.6. The zero-order chi connectivity index (χ0) is 19.4. The molecule has 0 atom stereocenters. The minimum absolute atomic E-state index is 0.168. The van der Waals surface area contributed by atoms with Crippen LogP contribution in [-0.2, 0) is 13.0 Å². The summed E-state index contributed by atoms with van der Waals surface area (Å²) >= 11 is 1.64. The topological polar surface area (TPSA) is 42.0 Å². The van der Waals surface area contributed by atoms with Gasteiger partial charge in [0.05, 0.1) is 19.1 Å². The zero-order valence-corrected chi connectivity index (χ0v) is 17.4. The Morgan fingerprint density at radius 2 is 1.85 bits per heavy atom. The van der Waals surface area contributed by atoms with Crippen LogP contribution < -0.4 is 9.47 Å². The number of thiophene rings is 1. The van der Waals surface area contributed by atoms with Crippen molar-refractivity contribution in [2.45, 2.75) is 26.8 Å². The molecule has 0 saturated carbocycles. The molecule has 3 rings (SSSR count). The Labute approximate surface area is 165 Å². The van der Waals surface area contributed by atoms with Crippen molar-refractivity contribution in [2.75, 3.05) is 40.4 Å². The van der Waals surface area contributed by atoms with Gasteiger partial charge in [-0.15, -0.1) is 11.3 Å². The van der Waals surface area contributed by atoms with Crippen LogP contribution in [0, 0.1) is 6.92 Å². The Morgan fingerprint density at radius 3 is 2.44 bits per heavy atom. The molecule has 2 aromatic rings. The van der Waals surface area contributed by atoms with Crippen molar-refractivity contribution in [3.63, 3.8) is 0 Å². The number of rotatable bonds is 6. The van der Waals surface area contributed by atoms with Crippen molar-refractivity contribution in [3.8, 4) is 11.5 Å². The summed E-state index contributed by atoms with van der Waals surface area (Å²) in [5.41, 5.74) is 2.34. The lowest BCUT2D eigenvalue weighted by Crippen LogP contribution is -2.48. The van der Waals surface area contributed by atoms with E-state index < -0.39 is 0 Å². The second-order valence-corrected chi connectivity index (χ2v) is 7.95. The van der Waals surface area contributed by atoms with E-state index in [1.54, 1.807) is 25.6 Å². The highest BCUT2D eigenvalue weighted by Gasteiger charge is 2.24. The number of piperazine rings is 1. The Hall–Kier alpha value is -2.05. The molecule has 0 radical (unpaired) electrons. The first-order valence-electron chi connectivity index (χ1n) is 9.37. The number of amides is 1. The van der Waals surface area contributed by atoms with Crippen LogP contribution in [-0.4, -0.2) is 56.1 Å². The van der Waals surface area contributed by atoms with E-state index in [0.29, 0.717) is 0 Å². The van der Waals surface area contributed by atoms with Crippen molar-refractivity contribution in [3.05, 3.63) is 45.1 Å². The van der Waals surface area contributed by atoms with Gasteiger partial charge in [0.1, 0.15) is 11.5 Å². The van der Waals surface area contributed by atoms with Gasteiger partial charge in [-0.05, 0) is 43.2 Å². The summed E-state index contributed by atoms with van der Waals surface area (Å²) in [6.45, 7) is 8.24. The molecule has 0 spiro atoms. The Bertz CT molecular complexity index is 795. The second kappa shape index (κ2) is 8.76. The van der Waals surface area contributed by atoms with Crippen molar-refractivity contribution in [1.29, 1.82) is 0 Å². The summed E-state index contributed by atoms with van der Waals surface area (Å²) in [7, 11) is 3.36. The van der Waals surface area contributed by atoms with Crippen molar-refractivity contribution in [2.24, 2.45) is 0 Å². The maximum Gasteiger partial charge on any atom is 0.264 e. The normalized spacial score (nSPS) is 15.0. The molecule has 1 aromatic heterocycles. The van der Waals surface area contributed by atoms with Gasteiger partial charge in [-0.1, -0.05) is 6.92 Å². The fraction of sp³-hybridized carbons (Fsp3) is 0.476. The average Bonchev–Trinajstić information content (AvgIpc) is 3.08. The highest BCUT2D eigenvalue weighted by atomic mass is 32.1. The first kappa shape index (κ1) is 19.7. The molecule has 1 aliphatic heterocycles. The van der Waals surface area contributed by atoms with Crippen LogP contribution >= 0.6 is 11.3 Å². The van der Waals surface area contributed by atoms with E-state index >= 15 is 0 Å². The van der Waals surface area contributed by atoms with Gasteiger partial charge in [0.15, 0.2) is 0 Å². The molecule has 1 fully saturated rings. The summed E-state index contributed by atoms with van der Waals surface area (Å²) in [5.74, 6) is 1.87. The molecule has 6 heteroatoms. The number of carbonyl (C=O) groups is 1. The first-order valence-corrected chi connectivity index (χ1v) is 10.2. The van der Waals surface area contributed by atoms with Crippen molar-refractivity contribution >= 4 is 17.2 Å². The van der Waals surface area contributed by atoms with Crippen molar-refractivity contribution in [1.82, 2.24) is 9.80 Å². The first-order chi connectivity index (χ1) is 13.0. The molecule has 1 aliphatic rings. The van der Waals surface area contributed by atoms with Crippen LogP contribution in [0.2, 0.25) is 0 Å². The lowest BCUT2D eigenvalue weighted by Gasteiger charge is -2.34. The van der Waals surface area contributed by atoms with Crippen LogP contribution in [0.4, 0.5) is 0 Å². The van der Waals surface area contributed by atoms with Gasteiger partial charge < -0.3 is 14.4 Å². The van der Waals surface area contributed by atoms with E-state index in [1.165, 1.54) is 10.4 Å². The van der Waals surface area contributed by atoms with Gasteiger partial charge in [0, 0.05) is 43.2 Å². The SMILES string of the molecule is CCc1sc(C(=O)N2CCN(Cc3cc(OC)ccc3OC)CC2)cc1C. The third-order valence-corrected chi connectivity index (χ3v) is 6.46. The van der Waals surface area contributed by atoms with Crippen LogP contribution in [0.15, 0.2) is 24.3 Å². The third-order valence-electron chi connectivity index (χ3n) is 5.09. The maximum atomic E-state index is 12.8. The Balaban J connectivity index is 1.61.